The van der Waals surface area contributed by atoms with Crippen molar-refractivity contribution in [2.75, 3.05) is 39.2 Å². The van der Waals surface area contributed by atoms with Crippen molar-refractivity contribution in [2.24, 2.45) is 0 Å². The number of nitrogens with one attached hydrogen (secondary N) is 2. The number of benzene rings is 1. The quantitative estimate of drug-likeness (QED) is 0.652. The van der Waals surface area contributed by atoms with Gasteiger partial charge in [-0.3, -0.25) is 4.79 Å². The largest absolute Gasteiger partial charge is 0.495 e. The summed E-state index contributed by atoms with van der Waals surface area (Å²) in [5.74, 6) is 0.736. The zero-order chi connectivity index (χ0) is 15.5. The second-order valence-corrected chi connectivity index (χ2v) is 5.01. The van der Waals surface area contributed by atoms with Gasteiger partial charge in [-0.2, -0.15) is 0 Å². The lowest BCUT2D eigenvalue weighted by atomic mass is 10.2. The molecule has 0 fully saturated rings. The van der Waals surface area contributed by atoms with Crippen molar-refractivity contribution in [1.29, 1.82) is 0 Å². The van der Waals surface area contributed by atoms with Gasteiger partial charge in [-0.1, -0.05) is 11.6 Å². The van der Waals surface area contributed by atoms with Crippen molar-refractivity contribution < 1.29 is 14.3 Å². The molecule has 0 aromatic heterocycles. The first-order valence-electron chi connectivity index (χ1n) is 7.00. The van der Waals surface area contributed by atoms with Crippen molar-refractivity contribution >= 4 is 23.2 Å². The number of carbonyl (C=O) groups is 1. The minimum absolute atomic E-state index is 0.0286. The van der Waals surface area contributed by atoms with E-state index in [2.05, 4.69) is 10.6 Å². The Morgan fingerprint density at radius 2 is 2.05 bits per heavy atom. The van der Waals surface area contributed by atoms with Gasteiger partial charge in [-0.25, -0.2) is 0 Å². The molecule has 0 heterocycles. The first-order chi connectivity index (χ1) is 10.2. The number of hydrogen-bond acceptors (Lipinski definition) is 4. The lowest BCUT2D eigenvalue weighted by Crippen LogP contribution is -2.26. The molecule has 0 spiro atoms. The molecule has 0 saturated heterocycles. The summed E-state index contributed by atoms with van der Waals surface area (Å²) in [6, 6.07) is 5.34. The van der Waals surface area contributed by atoms with Crippen LogP contribution in [0, 0.1) is 0 Å². The number of anilines is 1. The summed E-state index contributed by atoms with van der Waals surface area (Å²) in [5, 5.41) is 6.66. The summed E-state index contributed by atoms with van der Waals surface area (Å²) in [5.41, 5.74) is 0.790. The standard InChI is InChI=1S/C15H23ClN2O3/c1-20-10-4-3-8-18-15(19)7-9-17-13-11-12(16)5-6-14(13)21-2/h5-6,11,17H,3-4,7-10H2,1-2H3,(H,18,19). The molecule has 0 saturated carbocycles. The number of halogens is 1. The Kier molecular flexibility index (Phi) is 8.62. The van der Waals surface area contributed by atoms with Gasteiger partial charge in [0.25, 0.3) is 0 Å². The molecule has 0 aliphatic heterocycles. The normalized spacial score (nSPS) is 10.2. The molecule has 1 aromatic rings. The molecule has 0 aliphatic rings. The molecule has 0 unspecified atom stereocenters. The van der Waals surface area contributed by atoms with Gasteiger partial charge in [-0.05, 0) is 31.0 Å². The van der Waals surface area contributed by atoms with Crippen molar-refractivity contribution in [2.45, 2.75) is 19.3 Å². The van der Waals surface area contributed by atoms with Crippen molar-refractivity contribution in [3.05, 3.63) is 23.2 Å². The van der Waals surface area contributed by atoms with E-state index >= 15 is 0 Å². The second-order valence-electron chi connectivity index (χ2n) is 4.57. The van der Waals surface area contributed by atoms with Crippen LogP contribution in [0.2, 0.25) is 5.02 Å². The maximum atomic E-state index is 11.6. The lowest BCUT2D eigenvalue weighted by Gasteiger charge is -2.11. The van der Waals surface area contributed by atoms with Gasteiger partial charge in [0.1, 0.15) is 5.75 Å². The monoisotopic (exact) mass is 314 g/mol. The van der Waals surface area contributed by atoms with E-state index in [1.165, 1.54) is 0 Å². The van der Waals surface area contributed by atoms with Crippen LogP contribution in [-0.4, -0.2) is 39.8 Å². The second kappa shape index (κ2) is 10.3. The van der Waals surface area contributed by atoms with Gasteiger partial charge in [0.2, 0.25) is 5.91 Å². The maximum absolute atomic E-state index is 11.6. The van der Waals surface area contributed by atoms with Crippen LogP contribution in [0.4, 0.5) is 5.69 Å². The average Bonchev–Trinajstić information content (AvgIpc) is 2.47. The van der Waals surface area contributed by atoms with Crippen LogP contribution in [-0.2, 0) is 9.53 Å². The fraction of sp³-hybridized carbons (Fsp3) is 0.533. The summed E-state index contributed by atoms with van der Waals surface area (Å²) in [4.78, 5) is 11.6. The minimum Gasteiger partial charge on any atom is -0.495 e. The Balaban J connectivity index is 2.24. The predicted octanol–water partition coefficient (Wildman–Crippen LogP) is 2.69. The summed E-state index contributed by atoms with van der Waals surface area (Å²) in [6.45, 7) is 1.94. The maximum Gasteiger partial charge on any atom is 0.221 e. The highest BCUT2D eigenvalue weighted by Gasteiger charge is 2.05. The minimum atomic E-state index is 0.0286. The number of carbonyl (C=O) groups excluding carboxylic acids is 1. The fourth-order valence-corrected chi connectivity index (χ4v) is 1.99. The third kappa shape index (κ3) is 7.20. The molecule has 5 nitrogen and oxygen atoms in total. The summed E-state index contributed by atoms with van der Waals surface area (Å²) >= 11 is 5.94. The zero-order valence-corrected chi connectivity index (χ0v) is 13.3. The molecule has 6 heteroatoms. The number of ether oxygens (including phenoxy) is 2. The van der Waals surface area contributed by atoms with Crippen LogP contribution in [0.5, 0.6) is 5.75 Å². The Morgan fingerprint density at radius 3 is 2.76 bits per heavy atom. The van der Waals surface area contributed by atoms with Crippen molar-refractivity contribution in [3.63, 3.8) is 0 Å². The van der Waals surface area contributed by atoms with E-state index in [0.717, 1.165) is 25.1 Å². The molecular weight excluding hydrogens is 292 g/mol. The third-order valence-corrected chi connectivity index (χ3v) is 3.16. The van der Waals surface area contributed by atoms with E-state index in [1.807, 2.05) is 0 Å². The molecule has 0 bridgehead atoms. The number of amides is 1. The highest BCUT2D eigenvalue weighted by molar-refractivity contribution is 6.30. The lowest BCUT2D eigenvalue weighted by molar-refractivity contribution is -0.120. The number of methoxy groups -OCH3 is 2. The summed E-state index contributed by atoms with van der Waals surface area (Å²) in [6.07, 6.45) is 2.28. The first-order valence-corrected chi connectivity index (χ1v) is 7.38. The first kappa shape index (κ1) is 17.6. The van der Waals surface area contributed by atoms with Gasteiger partial charge in [0, 0.05) is 38.2 Å². The van der Waals surface area contributed by atoms with E-state index in [1.54, 1.807) is 32.4 Å². The Hall–Kier alpha value is -1.46. The van der Waals surface area contributed by atoms with E-state index < -0.39 is 0 Å². The topological polar surface area (TPSA) is 59.6 Å². The Morgan fingerprint density at radius 1 is 1.24 bits per heavy atom. The zero-order valence-electron chi connectivity index (χ0n) is 12.6. The van der Waals surface area contributed by atoms with Crippen LogP contribution in [0.15, 0.2) is 18.2 Å². The molecule has 1 amide bonds. The van der Waals surface area contributed by atoms with Crippen LogP contribution in [0.1, 0.15) is 19.3 Å². The van der Waals surface area contributed by atoms with E-state index in [-0.39, 0.29) is 5.91 Å². The number of hydrogen-bond donors (Lipinski definition) is 2. The van der Waals surface area contributed by atoms with Gasteiger partial charge >= 0.3 is 0 Å². The molecule has 0 radical (unpaired) electrons. The third-order valence-electron chi connectivity index (χ3n) is 2.93. The highest BCUT2D eigenvalue weighted by atomic mass is 35.5. The SMILES string of the molecule is COCCCCNC(=O)CCNc1cc(Cl)ccc1OC. The Bertz CT molecular complexity index is 441. The predicted molar refractivity (Wildman–Crippen MR) is 85.2 cm³/mol. The van der Waals surface area contributed by atoms with Crippen molar-refractivity contribution in [3.8, 4) is 5.75 Å². The molecular formula is C15H23ClN2O3. The summed E-state index contributed by atoms with van der Waals surface area (Å²) in [7, 11) is 3.27. The van der Waals surface area contributed by atoms with Crippen molar-refractivity contribution in [1.82, 2.24) is 5.32 Å². The van der Waals surface area contributed by atoms with Crippen LogP contribution in [0.25, 0.3) is 0 Å². The summed E-state index contributed by atoms with van der Waals surface area (Å²) < 4.78 is 10.2. The smallest absolute Gasteiger partial charge is 0.221 e. The van der Waals surface area contributed by atoms with E-state index in [9.17, 15) is 4.79 Å². The molecule has 1 aromatic carbocycles. The molecule has 2 N–H and O–H groups in total. The van der Waals surface area contributed by atoms with E-state index in [4.69, 9.17) is 21.1 Å². The fourth-order valence-electron chi connectivity index (χ4n) is 1.82. The van der Waals surface area contributed by atoms with Gasteiger partial charge in [0.05, 0.1) is 12.8 Å². The molecule has 118 valence electrons. The van der Waals surface area contributed by atoms with Gasteiger partial charge < -0.3 is 20.1 Å². The number of rotatable bonds is 10. The Labute approximate surface area is 131 Å². The van der Waals surface area contributed by atoms with Crippen LogP contribution < -0.4 is 15.4 Å². The van der Waals surface area contributed by atoms with Crippen LogP contribution >= 0.6 is 11.6 Å². The molecule has 1 rings (SSSR count). The molecule has 0 atom stereocenters. The van der Waals surface area contributed by atoms with Gasteiger partial charge in [0.15, 0.2) is 0 Å². The number of unbranched alkanes of at least 4 members (excludes halogenated alkanes) is 1. The highest BCUT2D eigenvalue weighted by Crippen LogP contribution is 2.27. The van der Waals surface area contributed by atoms with Gasteiger partial charge in [-0.15, -0.1) is 0 Å². The van der Waals surface area contributed by atoms with Crippen LogP contribution in [0.3, 0.4) is 0 Å². The average molecular weight is 315 g/mol. The van der Waals surface area contributed by atoms with E-state index in [0.29, 0.717) is 30.3 Å². The molecule has 21 heavy (non-hydrogen) atoms. The molecule has 0 aliphatic carbocycles.